The highest BCUT2D eigenvalue weighted by Crippen LogP contribution is 2.29. The molecule has 0 heterocycles. The van der Waals surface area contributed by atoms with E-state index in [0.717, 1.165) is 30.7 Å². The molecule has 0 bridgehead atoms. The van der Waals surface area contributed by atoms with Crippen molar-refractivity contribution < 1.29 is 33.0 Å². The molecule has 2 atom stereocenters. The molecule has 23 heavy (non-hydrogen) atoms. The van der Waals surface area contributed by atoms with E-state index >= 15 is 0 Å². The standard InChI is InChI=1S/C15H18F3NO4/c1-2-3-4-11(14(22)23)19-13(21)12(20)9-5-7-10(8-6-9)15(16,17)18/h5-8,11-12,20H,2-4H2,1H3,(H,19,21)(H,22,23)/t11-,12+/m1/s1. The lowest BCUT2D eigenvalue weighted by atomic mass is 10.0. The number of aliphatic hydroxyl groups excluding tert-OH is 1. The second-order valence-electron chi connectivity index (χ2n) is 5.06. The van der Waals surface area contributed by atoms with Crippen LogP contribution in [0.1, 0.15) is 43.4 Å². The van der Waals surface area contributed by atoms with Gasteiger partial charge in [-0.05, 0) is 24.1 Å². The van der Waals surface area contributed by atoms with Crippen molar-refractivity contribution in [2.75, 3.05) is 0 Å². The predicted molar refractivity (Wildman–Crippen MR) is 75.5 cm³/mol. The molecule has 0 fully saturated rings. The number of aliphatic carboxylic acids is 1. The molecule has 5 nitrogen and oxygen atoms in total. The van der Waals surface area contributed by atoms with Crippen molar-refractivity contribution in [2.24, 2.45) is 0 Å². The normalized spacial score (nSPS) is 14.1. The zero-order chi connectivity index (χ0) is 17.6. The number of aliphatic hydroxyl groups is 1. The minimum Gasteiger partial charge on any atom is -0.480 e. The van der Waals surface area contributed by atoms with Gasteiger partial charge in [-0.2, -0.15) is 13.2 Å². The van der Waals surface area contributed by atoms with E-state index in [1.807, 2.05) is 6.92 Å². The van der Waals surface area contributed by atoms with Gasteiger partial charge >= 0.3 is 12.1 Å². The number of amides is 1. The second kappa shape index (κ2) is 7.96. The molecule has 3 N–H and O–H groups in total. The van der Waals surface area contributed by atoms with Crippen LogP contribution in [0.2, 0.25) is 0 Å². The van der Waals surface area contributed by atoms with Crippen molar-refractivity contribution in [3.05, 3.63) is 35.4 Å². The third-order valence-corrected chi connectivity index (χ3v) is 3.26. The Kier molecular flexibility index (Phi) is 6.56. The Balaban J connectivity index is 2.77. The molecule has 0 saturated carbocycles. The Morgan fingerprint density at radius 1 is 1.22 bits per heavy atom. The fourth-order valence-corrected chi connectivity index (χ4v) is 1.92. The smallest absolute Gasteiger partial charge is 0.416 e. The Labute approximate surface area is 131 Å². The van der Waals surface area contributed by atoms with Gasteiger partial charge in [0.25, 0.3) is 5.91 Å². The van der Waals surface area contributed by atoms with Crippen molar-refractivity contribution in [2.45, 2.75) is 44.5 Å². The average molecular weight is 333 g/mol. The maximum atomic E-state index is 12.5. The summed E-state index contributed by atoms with van der Waals surface area (Å²) in [5.41, 5.74) is -0.949. The highest BCUT2D eigenvalue weighted by molar-refractivity contribution is 5.86. The first kappa shape index (κ1) is 19.0. The van der Waals surface area contributed by atoms with Gasteiger partial charge in [0.15, 0.2) is 6.10 Å². The molecule has 0 aliphatic rings. The minimum atomic E-state index is -4.51. The molecule has 1 rings (SSSR count). The highest BCUT2D eigenvalue weighted by Gasteiger charge is 2.31. The molecule has 1 amide bonds. The third kappa shape index (κ3) is 5.55. The van der Waals surface area contributed by atoms with Gasteiger partial charge in [-0.1, -0.05) is 31.9 Å². The zero-order valence-electron chi connectivity index (χ0n) is 12.4. The fraction of sp³-hybridized carbons (Fsp3) is 0.467. The van der Waals surface area contributed by atoms with Crippen LogP contribution in [-0.2, 0) is 15.8 Å². The molecule has 1 aromatic carbocycles. The van der Waals surface area contributed by atoms with Crippen LogP contribution < -0.4 is 5.32 Å². The van der Waals surface area contributed by atoms with Crippen molar-refractivity contribution in [3.63, 3.8) is 0 Å². The topological polar surface area (TPSA) is 86.6 Å². The largest absolute Gasteiger partial charge is 0.480 e. The molecule has 8 heteroatoms. The van der Waals surface area contributed by atoms with Gasteiger partial charge in [-0.15, -0.1) is 0 Å². The van der Waals surface area contributed by atoms with E-state index in [1.165, 1.54) is 0 Å². The summed E-state index contributed by atoms with van der Waals surface area (Å²) < 4.78 is 37.4. The number of carboxylic acid groups (broad SMARTS) is 1. The summed E-state index contributed by atoms with van der Waals surface area (Å²) in [7, 11) is 0. The van der Waals surface area contributed by atoms with Crippen LogP contribution in [0, 0.1) is 0 Å². The zero-order valence-corrected chi connectivity index (χ0v) is 12.4. The molecule has 0 radical (unpaired) electrons. The SMILES string of the molecule is CCCC[C@@H](NC(=O)[C@@H](O)c1ccc(C(F)(F)F)cc1)C(=O)O. The van der Waals surface area contributed by atoms with E-state index in [0.29, 0.717) is 6.42 Å². The Morgan fingerprint density at radius 3 is 2.22 bits per heavy atom. The first-order valence-electron chi connectivity index (χ1n) is 7.05. The van der Waals surface area contributed by atoms with E-state index in [2.05, 4.69) is 5.32 Å². The molecule has 128 valence electrons. The van der Waals surface area contributed by atoms with Gasteiger partial charge < -0.3 is 15.5 Å². The average Bonchev–Trinajstić information content (AvgIpc) is 2.49. The number of hydrogen-bond acceptors (Lipinski definition) is 3. The molecule has 1 aromatic rings. The summed E-state index contributed by atoms with van der Waals surface area (Å²) in [5.74, 6) is -2.19. The van der Waals surface area contributed by atoms with Crippen molar-refractivity contribution >= 4 is 11.9 Å². The van der Waals surface area contributed by atoms with Crippen LogP contribution in [0.15, 0.2) is 24.3 Å². The maximum Gasteiger partial charge on any atom is 0.416 e. The second-order valence-corrected chi connectivity index (χ2v) is 5.06. The summed E-state index contributed by atoms with van der Waals surface area (Å²) >= 11 is 0. The van der Waals surface area contributed by atoms with Gasteiger partial charge in [0.2, 0.25) is 0 Å². The molecule has 0 spiro atoms. The summed E-state index contributed by atoms with van der Waals surface area (Å²) in [6, 6.07) is 2.31. The molecule has 0 unspecified atom stereocenters. The molecule has 0 aliphatic heterocycles. The fourth-order valence-electron chi connectivity index (χ4n) is 1.92. The van der Waals surface area contributed by atoms with E-state index in [-0.39, 0.29) is 12.0 Å². The van der Waals surface area contributed by atoms with E-state index in [9.17, 15) is 27.9 Å². The minimum absolute atomic E-state index is 0.0462. The number of carboxylic acids is 1. The van der Waals surface area contributed by atoms with Crippen LogP contribution in [0.3, 0.4) is 0 Å². The number of unbranched alkanes of at least 4 members (excludes halogenated alkanes) is 1. The van der Waals surface area contributed by atoms with E-state index < -0.39 is 35.8 Å². The van der Waals surface area contributed by atoms with Gasteiger partial charge in [0.05, 0.1) is 5.56 Å². The van der Waals surface area contributed by atoms with Crippen molar-refractivity contribution in [3.8, 4) is 0 Å². The van der Waals surface area contributed by atoms with Crippen molar-refractivity contribution in [1.29, 1.82) is 0 Å². The number of alkyl halides is 3. The monoisotopic (exact) mass is 333 g/mol. The van der Waals surface area contributed by atoms with Crippen LogP contribution in [-0.4, -0.2) is 28.1 Å². The summed E-state index contributed by atoms with van der Waals surface area (Å²) in [6.45, 7) is 1.86. The molecule has 0 aliphatic carbocycles. The number of nitrogens with one attached hydrogen (secondary N) is 1. The van der Waals surface area contributed by atoms with Crippen LogP contribution >= 0.6 is 0 Å². The predicted octanol–water partition coefficient (Wildman–Crippen LogP) is 2.50. The Morgan fingerprint density at radius 2 is 1.78 bits per heavy atom. The Bertz CT molecular complexity index is 543. The lowest BCUT2D eigenvalue weighted by Gasteiger charge is -2.17. The van der Waals surface area contributed by atoms with E-state index in [4.69, 9.17) is 5.11 Å². The number of halogens is 3. The van der Waals surface area contributed by atoms with Gasteiger partial charge in [-0.25, -0.2) is 4.79 Å². The molecule has 0 aromatic heterocycles. The third-order valence-electron chi connectivity index (χ3n) is 3.26. The lowest BCUT2D eigenvalue weighted by Crippen LogP contribution is -2.43. The van der Waals surface area contributed by atoms with Crippen LogP contribution in [0.25, 0.3) is 0 Å². The van der Waals surface area contributed by atoms with Crippen LogP contribution in [0.4, 0.5) is 13.2 Å². The number of carbonyl (C=O) groups is 2. The van der Waals surface area contributed by atoms with Gasteiger partial charge in [0, 0.05) is 0 Å². The molecular weight excluding hydrogens is 315 g/mol. The number of hydrogen-bond donors (Lipinski definition) is 3. The number of benzene rings is 1. The van der Waals surface area contributed by atoms with Gasteiger partial charge in [0.1, 0.15) is 6.04 Å². The highest BCUT2D eigenvalue weighted by atomic mass is 19.4. The van der Waals surface area contributed by atoms with Crippen molar-refractivity contribution in [1.82, 2.24) is 5.32 Å². The molecular formula is C15H18F3NO4. The molecule has 0 saturated heterocycles. The lowest BCUT2D eigenvalue weighted by molar-refractivity contribution is -0.143. The first-order chi connectivity index (χ1) is 10.7. The van der Waals surface area contributed by atoms with Gasteiger partial charge in [-0.3, -0.25) is 4.79 Å². The Hall–Kier alpha value is -2.09. The van der Waals surface area contributed by atoms with E-state index in [1.54, 1.807) is 0 Å². The van der Waals surface area contributed by atoms with Crippen LogP contribution in [0.5, 0.6) is 0 Å². The quantitative estimate of drug-likeness (QED) is 0.715. The number of carbonyl (C=O) groups excluding carboxylic acids is 1. The maximum absolute atomic E-state index is 12.5. The first-order valence-corrected chi connectivity index (χ1v) is 7.05. The summed E-state index contributed by atoms with van der Waals surface area (Å²) in [6.07, 6.45) is -4.73. The number of rotatable bonds is 7. The summed E-state index contributed by atoms with van der Waals surface area (Å²) in [5, 5.41) is 21.0. The summed E-state index contributed by atoms with van der Waals surface area (Å²) in [4.78, 5) is 22.9.